The van der Waals surface area contributed by atoms with Crippen LogP contribution in [0.1, 0.15) is 39.5 Å². The van der Waals surface area contributed by atoms with Crippen molar-refractivity contribution in [2.75, 3.05) is 6.54 Å². The van der Waals surface area contributed by atoms with E-state index in [1.54, 1.807) is 0 Å². The van der Waals surface area contributed by atoms with Crippen molar-refractivity contribution in [1.29, 1.82) is 0 Å². The second kappa shape index (κ2) is 7.07. The lowest BCUT2D eigenvalue weighted by Crippen LogP contribution is -2.43. The number of hydrogen-bond acceptors (Lipinski definition) is 3. The van der Waals surface area contributed by atoms with Crippen molar-refractivity contribution in [3.05, 3.63) is 12.2 Å². The SMILES string of the molecule is CC(C)(CC(=O)NC(=O)NCC1CC=CCC1)C(=O)O. The fourth-order valence-electron chi connectivity index (χ4n) is 1.97. The van der Waals surface area contributed by atoms with Gasteiger partial charge >= 0.3 is 12.0 Å². The van der Waals surface area contributed by atoms with E-state index in [1.165, 1.54) is 13.8 Å². The molecule has 6 heteroatoms. The summed E-state index contributed by atoms with van der Waals surface area (Å²) in [5.74, 6) is -1.25. The van der Waals surface area contributed by atoms with Crippen molar-refractivity contribution >= 4 is 17.9 Å². The molecule has 1 atom stereocenters. The number of imide groups is 1. The standard InChI is InChI=1S/C14H22N2O4/c1-14(2,12(18)19)8-11(17)16-13(20)15-9-10-6-4-3-5-7-10/h3-4,10H,5-9H2,1-2H3,(H,18,19)(H2,15,16,17,20). The topological polar surface area (TPSA) is 95.5 Å². The van der Waals surface area contributed by atoms with Gasteiger partial charge in [-0.25, -0.2) is 4.79 Å². The third-order valence-corrected chi connectivity index (χ3v) is 3.36. The number of carboxylic acid groups (broad SMARTS) is 1. The monoisotopic (exact) mass is 282 g/mol. The Morgan fingerprint density at radius 1 is 1.30 bits per heavy atom. The van der Waals surface area contributed by atoms with E-state index in [0.29, 0.717) is 12.5 Å². The molecule has 1 unspecified atom stereocenters. The van der Waals surface area contributed by atoms with E-state index in [4.69, 9.17) is 5.11 Å². The Bertz CT molecular complexity index is 415. The first-order valence-corrected chi connectivity index (χ1v) is 6.77. The van der Waals surface area contributed by atoms with Crippen LogP contribution in [0.5, 0.6) is 0 Å². The molecule has 0 aromatic heterocycles. The maximum Gasteiger partial charge on any atom is 0.321 e. The molecular formula is C14H22N2O4. The van der Waals surface area contributed by atoms with Gasteiger partial charge in [-0.2, -0.15) is 0 Å². The van der Waals surface area contributed by atoms with Crippen LogP contribution >= 0.6 is 0 Å². The molecule has 0 saturated heterocycles. The fourth-order valence-corrected chi connectivity index (χ4v) is 1.97. The minimum Gasteiger partial charge on any atom is -0.481 e. The normalized spacial score (nSPS) is 18.4. The summed E-state index contributed by atoms with van der Waals surface area (Å²) in [6.07, 6.45) is 6.95. The van der Waals surface area contributed by atoms with Crippen LogP contribution in [0.25, 0.3) is 0 Å². The number of urea groups is 1. The molecule has 0 aromatic rings. The maximum absolute atomic E-state index is 11.6. The zero-order valence-electron chi connectivity index (χ0n) is 11.9. The Kier molecular flexibility index (Phi) is 5.73. The molecular weight excluding hydrogens is 260 g/mol. The Balaban J connectivity index is 2.29. The number of carboxylic acids is 1. The number of rotatable bonds is 5. The molecule has 20 heavy (non-hydrogen) atoms. The Morgan fingerprint density at radius 3 is 2.55 bits per heavy atom. The maximum atomic E-state index is 11.6. The van der Waals surface area contributed by atoms with E-state index in [9.17, 15) is 14.4 Å². The quantitative estimate of drug-likeness (QED) is 0.668. The van der Waals surface area contributed by atoms with Crippen LogP contribution < -0.4 is 10.6 Å². The molecule has 1 aliphatic rings. The van der Waals surface area contributed by atoms with E-state index >= 15 is 0 Å². The molecule has 3 amide bonds. The highest BCUT2D eigenvalue weighted by molar-refractivity contribution is 5.96. The fraction of sp³-hybridized carbons (Fsp3) is 0.643. The van der Waals surface area contributed by atoms with Crippen LogP contribution in [0.4, 0.5) is 4.79 Å². The number of carbonyl (C=O) groups is 3. The van der Waals surface area contributed by atoms with Crippen molar-refractivity contribution in [3.63, 3.8) is 0 Å². The lowest BCUT2D eigenvalue weighted by Gasteiger charge is -2.19. The van der Waals surface area contributed by atoms with E-state index in [-0.39, 0.29) is 6.42 Å². The molecule has 0 aromatic carbocycles. The summed E-state index contributed by atoms with van der Waals surface area (Å²) in [4.78, 5) is 34.0. The number of nitrogens with one attached hydrogen (secondary N) is 2. The average molecular weight is 282 g/mol. The molecule has 0 bridgehead atoms. The van der Waals surface area contributed by atoms with E-state index < -0.39 is 23.3 Å². The van der Waals surface area contributed by atoms with Crippen molar-refractivity contribution in [3.8, 4) is 0 Å². The first-order chi connectivity index (χ1) is 9.31. The molecule has 0 fully saturated rings. The van der Waals surface area contributed by atoms with Crippen LogP contribution in [0, 0.1) is 11.3 Å². The van der Waals surface area contributed by atoms with Gasteiger partial charge in [0, 0.05) is 13.0 Å². The molecule has 0 aliphatic heterocycles. The summed E-state index contributed by atoms with van der Waals surface area (Å²) >= 11 is 0. The molecule has 6 nitrogen and oxygen atoms in total. The molecule has 0 heterocycles. The summed E-state index contributed by atoms with van der Waals surface area (Å²) in [6.45, 7) is 3.41. The van der Waals surface area contributed by atoms with Gasteiger partial charge in [0.1, 0.15) is 0 Å². The number of carbonyl (C=O) groups excluding carboxylic acids is 2. The van der Waals surface area contributed by atoms with Gasteiger partial charge in [-0.05, 0) is 39.0 Å². The first-order valence-electron chi connectivity index (χ1n) is 6.77. The minimum atomic E-state index is -1.18. The third kappa shape index (κ3) is 5.42. The zero-order valence-corrected chi connectivity index (χ0v) is 11.9. The second-order valence-corrected chi connectivity index (χ2v) is 5.77. The number of aliphatic carboxylic acids is 1. The van der Waals surface area contributed by atoms with Gasteiger partial charge in [0.25, 0.3) is 0 Å². The smallest absolute Gasteiger partial charge is 0.321 e. The Hall–Kier alpha value is -1.85. The highest BCUT2D eigenvalue weighted by Gasteiger charge is 2.30. The lowest BCUT2D eigenvalue weighted by atomic mass is 9.89. The predicted molar refractivity (Wildman–Crippen MR) is 74.1 cm³/mol. The zero-order chi connectivity index (χ0) is 15.2. The third-order valence-electron chi connectivity index (χ3n) is 3.36. The van der Waals surface area contributed by atoms with Gasteiger partial charge < -0.3 is 10.4 Å². The molecule has 0 radical (unpaired) electrons. The van der Waals surface area contributed by atoms with Gasteiger partial charge in [0.2, 0.25) is 5.91 Å². The lowest BCUT2D eigenvalue weighted by molar-refractivity contribution is -0.149. The predicted octanol–water partition coefficient (Wildman–Crippen LogP) is 1.67. The largest absolute Gasteiger partial charge is 0.481 e. The molecule has 112 valence electrons. The molecule has 0 spiro atoms. The number of amides is 3. The van der Waals surface area contributed by atoms with Crippen LogP contribution in [0.3, 0.4) is 0 Å². The highest BCUT2D eigenvalue weighted by atomic mass is 16.4. The minimum absolute atomic E-state index is 0.234. The van der Waals surface area contributed by atoms with E-state index in [2.05, 4.69) is 22.8 Å². The van der Waals surface area contributed by atoms with Crippen LogP contribution in [0.15, 0.2) is 12.2 Å². The average Bonchev–Trinajstić information content (AvgIpc) is 2.36. The summed E-state index contributed by atoms with van der Waals surface area (Å²) in [7, 11) is 0. The summed E-state index contributed by atoms with van der Waals surface area (Å²) in [5, 5.41) is 13.7. The van der Waals surface area contributed by atoms with Gasteiger partial charge in [-0.15, -0.1) is 0 Å². The number of allylic oxidation sites excluding steroid dienone is 2. The van der Waals surface area contributed by atoms with Crippen LogP contribution in [0.2, 0.25) is 0 Å². The first kappa shape index (κ1) is 16.2. The van der Waals surface area contributed by atoms with Gasteiger partial charge in [-0.3, -0.25) is 14.9 Å². The highest BCUT2D eigenvalue weighted by Crippen LogP contribution is 2.20. The van der Waals surface area contributed by atoms with Crippen molar-refractivity contribution in [2.24, 2.45) is 11.3 Å². The van der Waals surface area contributed by atoms with Gasteiger partial charge in [-0.1, -0.05) is 12.2 Å². The van der Waals surface area contributed by atoms with E-state index in [0.717, 1.165) is 19.3 Å². The second-order valence-electron chi connectivity index (χ2n) is 5.77. The van der Waals surface area contributed by atoms with E-state index in [1.807, 2.05) is 0 Å². The van der Waals surface area contributed by atoms with Gasteiger partial charge in [0.05, 0.1) is 5.41 Å². The van der Waals surface area contributed by atoms with Crippen molar-refractivity contribution in [2.45, 2.75) is 39.5 Å². The summed E-state index contributed by atoms with van der Waals surface area (Å²) in [6, 6.07) is -0.564. The Morgan fingerprint density at radius 2 is 2.00 bits per heavy atom. The summed E-state index contributed by atoms with van der Waals surface area (Å²) in [5.41, 5.74) is -1.18. The summed E-state index contributed by atoms with van der Waals surface area (Å²) < 4.78 is 0. The molecule has 3 N–H and O–H groups in total. The molecule has 1 rings (SSSR count). The van der Waals surface area contributed by atoms with Gasteiger partial charge in [0.15, 0.2) is 0 Å². The Labute approximate surface area is 118 Å². The van der Waals surface area contributed by atoms with Crippen molar-refractivity contribution in [1.82, 2.24) is 10.6 Å². The molecule has 0 saturated carbocycles. The van der Waals surface area contributed by atoms with Crippen LogP contribution in [-0.2, 0) is 9.59 Å². The van der Waals surface area contributed by atoms with Crippen LogP contribution in [-0.4, -0.2) is 29.6 Å². The number of hydrogen-bond donors (Lipinski definition) is 3. The van der Waals surface area contributed by atoms with Crippen molar-refractivity contribution < 1.29 is 19.5 Å². The molecule has 1 aliphatic carbocycles.